The summed E-state index contributed by atoms with van der Waals surface area (Å²) < 4.78 is 5.03. The predicted octanol–water partition coefficient (Wildman–Crippen LogP) is 1.42. The van der Waals surface area contributed by atoms with Gasteiger partial charge in [-0.05, 0) is 44.0 Å². The first-order valence-electron chi connectivity index (χ1n) is 8.11. The van der Waals surface area contributed by atoms with Crippen LogP contribution in [0.3, 0.4) is 0 Å². The van der Waals surface area contributed by atoms with Gasteiger partial charge >= 0.3 is 5.97 Å². The maximum atomic E-state index is 12.5. The molecule has 0 spiro atoms. The lowest BCUT2D eigenvalue weighted by molar-refractivity contribution is -0.149. The maximum absolute atomic E-state index is 12.5. The quantitative estimate of drug-likeness (QED) is 0.764. The van der Waals surface area contributed by atoms with Crippen LogP contribution in [-0.4, -0.2) is 48.9 Å². The van der Waals surface area contributed by atoms with E-state index in [9.17, 15) is 14.4 Å². The molecular formula is C17H24ClN3O4. The molecule has 0 bridgehead atoms. The SMILES string of the molecule is CCOC(=O)C1CCN(C(=O)c2ccc(NC(=O)CN)cc2)CC1.Cl. The average Bonchev–Trinajstić information content (AvgIpc) is 2.62. The monoisotopic (exact) mass is 369 g/mol. The smallest absolute Gasteiger partial charge is 0.309 e. The standard InChI is InChI=1S/C17H23N3O4.ClH/c1-2-24-17(23)13-7-9-20(10-8-13)16(22)12-3-5-14(6-4-12)19-15(21)11-18;/h3-6,13H,2,7-11,18H2,1H3,(H,19,21);1H. The molecule has 0 aliphatic carbocycles. The Labute approximate surface area is 153 Å². The summed E-state index contributed by atoms with van der Waals surface area (Å²) in [5.41, 5.74) is 6.39. The number of hydrogen-bond donors (Lipinski definition) is 2. The zero-order chi connectivity index (χ0) is 17.5. The number of carbonyl (C=O) groups excluding carboxylic acids is 3. The Morgan fingerprint density at radius 3 is 2.32 bits per heavy atom. The van der Waals surface area contributed by atoms with Crippen LogP contribution in [0.1, 0.15) is 30.1 Å². The van der Waals surface area contributed by atoms with Gasteiger partial charge in [0.05, 0.1) is 19.1 Å². The number of nitrogens with two attached hydrogens (primary N) is 1. The summed E-state index contributed by atoms with van der Waals surface area (Å²) in [6.07, 6.45) is 1.24. The van der Waals surface area contributed by atoms with E-state index in [4.69, 9.17) is 10.5 Å². The lowest BCUT2D eigenvalue weighted by atomic mass is 9.96. The Bertz CT molecular complexity index is 598. The highest BCUT2D eigenvalue weighted by Gasteiger charge is 2.28. The van der Waals surface area contributed by atoms with Gasteiger partial charge in [-0.2, -0.15) is 0 Å². The van der Waals surface area contributed by atoms with E-state index in [2.05, 4.69) is 5.32 Å². The number of hydrogen-bond acceptors (Lipinski definition) is 5. The molecule has 8 heteroatoms. The van der Waals surface area contributed by atoms with Gasteiger partial charge in [0.25, 0.3) is 5.91 Å². The molecule has 0 unspecified atom stereocenters. The zero-order valence-corrected chi connectivity index (χ0v) is 15.0. The molecule has 2 rings (SSSR count). The summed E-state index contributed by atoms with van der Waals surface area (Å²) in [5.74, 6) is -0.656. The van der Waals surface area contributed by atoms with Crippen molar-refractivity contribution < 1.29 is 19.1 Å². The van der Waals surface area contributed by atoms with E-state index in [1.807, 2.05) is 0 Å². The van der Waals surface area contributed by atoms with E-state index in [-0.39, 0.29) is 42.7 Å². The number of piperidine rings is 1. The Kier molecular flexibility index (Phi) is 8.37. The molecule has 1 heterocycles. The largest absolute Gasteiger partial charge is 0.466 e. The second kappa shape index (κ2) is 10.0. The minimum Gasteiger partial charge on any atom is -0.466 e. The molecule has 2 amide bonds. The lowest BCUT2D eigenvalue weighted by Gasteiger charge is -2.31. The molecule has 0 atom stereocenters. The van der Waals surface area contributed by atoms with Gasteiger partial charge in [0.1, 0.15) is 0 Å². The van der Waals surface area contributed by atoms with Crippen molar-refractivity contribution in [3.63, 3.8) is 0 Å². The molecule has 138 valence electrons. The molecule has 1 fully saturated rings. The summed E-state index contributed by atoms with van der Waals surface area (Å²) >= 11 is 0. The third-order valence-corrected chi connectivity index (χ3v) is 4.00. The molecule has 1 aliphatic rings. The number of carbonyl (C=O) groups is 3. The molecule has 0 saturated carbocycles. The van der Waals surface area contributed by atoms with Gasteiger partial charge < -0.3 is 20.7 Å². The topological polar surface area (TPSA) is 102 Å². The van der Waals surface area contributed by atoms with Crippen LogP contribution < -0.4 is 11.1 Å². The third kappa shape index (κ3) is 5.72. The van der Waals surface area contributed by atoms with Crippen molar-refractivity contribution in [2.75, 3.05) is 31.6 Å². The number of anilines is 1. The normalized spacial score (nSPS) is 14.4. The number of ether oxygens (including phenoxy) is 1. The minimum absolute atomic E-state index is 0. The second-order valence-electron chi connectivity index (χ2n) is 5.65. The number of amides is 2. The van der Waals surface area contributed by atoms with Crippen molar-refractivity contribution in [3.8, 4) is 0 Å². The van der Waals surface area contributed by atoms with Gasteiger partial charge in [0.15, 0.2) is 0 Å². The first-order valence-corrected chi connectivity index (χ1v) is 8.11. The third-order valence-electron chi connectivity index (χ3n) is 4.00. The number of nitrogens with zero attached hydrogens (tertiary/aromatic N) is 1. The number of nitrogens with one attached hydrogen (secondary N) is 1. The van der Waals surface area contributed by atoms with Crippen LogP contribution in [0.4, 0.5) is 5.69 Å². The van der Waals surface area contributed by atoms with Crippen molar-refractivity contribution in [2.45, 2.75) is 19.8 Å². The van der Waals surface area contributed by atoms with Crippen molar-refractivity contribution in [1.29, 1.82) is 0 Å². The van der Waals surface area contributed by atoms with Crippen LogP contribution >= 0.6 is 12.4 Å². The van der Waals surface area contributed by atoms with E-state index in [1.165, 1.54) is 0 Å². The Morgan fingerprint density at radius 2 is 1.80 bits per heavy atom. The van der Waals surface area contributed by atoms with Gasteiger partial charge in [0.2, 0.25) is 5.91 Å². The van der Waals surface area contributed by atoms with Crippen LogP contribution in [0.15, 0.2) is 24.3 Å². The summed E-state index contributed by atoms with van der Waals surface area (Å²) in [7, 11) is 0. The molecule has 7 nitrogen and oxygen atoms in total. The van der Waals surface area contributed by atoms with Crippen LogP contribution in [0, 0.1) is 5.92 Å². The fourth-order valence-corrected chi connectivity index (χ4v) is 2.67. The Balaban J connectivity index is 0.00000312. The average molecular weight is 370 g/mol. The highest BCUT2D eigenvalue weighted by molar-refractivity contribution is 5.96. The summed E-state index contributed by atoms with van der Waals surface area (Å²) in [6, 6.07) is 6.69. The van der Waals surface area contributed by atoms with Crippen LogP contribution in [0.2, 0.25) is 0 Å². The number of esters is 1. The highest BCUT2D eigenvalue weighted by atomic mass is 35.5. The molecule has 1 aromatic rings. The van der Waals surface area contributed by atoms with Crippen molar-refractivity contribution in [1.82, 2.24) is 4.90 Å². The molecule has 0 aromatic heterocycles. The molecule has 25 heavy (non-hydrogen) atoms. The number of benzene rings is 1. The van der Waals surface area contributed by atoms with Crippen molar-refractivity contribution >= 4 is 35.9 Å². The van der Waals surface area contributed by atoms with Crippen LogP contribution in [-0.2, 0) is 14.3 Å². The molecule has 1 aromatic carbocycles. The van der Waals surface area contributed by atoms with Gasteiger partial charge in [-0.3, -0.25) is 14.4 Å². The van der Waals surface area contributed by atoms with Gasteiger partial charge in [-0.1, -0.05) is 0 Å². The highest BCUT2D eigenvalue weighted by Crippen LogP contribution is 2.21. The number of likely N-dealkylation sites (tertiary alicyclic amines) is 1. The molecule has 1 saturated heterocycles. The number of halogens is 1. The van der Waals surface area contributed by atoms with E-state index < -0.39 is 0 Å². The predicted molar refractivity (Wildman–Crippen MR) is 96.6 cm³/mol. The molecular weight excluding hydrogens is 346 g/mol. The molecule has 1 aliphatic heterocycles. The van der Waals surface area contributed by atoms with Crippen LogP contribution in [0.25, 0.3) is 0 Å². The van der Waals surface area contributed by atoms with E-state index >= 15 is 0 Å². The Morgan fingerprint density at radius 1 is 1.20 bits per heavy atom. The second-order valence-corrected chi connectivity index (χ2v) is 5.65. The van der Waals surface area contributed by atoms with E-state index in [1.54, 1.807) is 36.1 Å². The summed E-state index contributed by atoms with van der Waals surface area (Å²) in [5, 5.41) is 2.63. The first-order chi connectivity index (χ1) is 11.5. The fraction of sp³-hybridized carbons (Fsp3) is 0.471. The first kappa shape index (κ1) is 20.9. The number of rotatable bonds is 5. The van der Waals surface area contributed by atoms with Gasteiger partial charge in [-0.25, -0.2) is 0 Å². The summed E-state index contributed by atoms with van der Waals surface area (Å²) in [4.78, 5) is 37.2. The van der Waals surface area contributed by atoms with Crippen LogP contribution in [0.5, 0.6) is 0 Å². The van der Waals surface area contributed by atoms with Gasteiger partial charge in [0, 0.05) is 24.3 Å². The van der Waals surface area contributed by atoms with Crippen molar-refractivity contribution in [2.24, 2.45) is 11.7 Å². The fourth-order valence-electron chi connectivity index (χ4n) is 2.67. The molecule has 3 N–H and O–H groups in total. The van der Waals surface area contributed by atoms with Crippen molar-refractivity contribution in [3.05, 3.63) is 29.8 Å². The van der Waals surface area contributed by atoms with Gasteiger partial charge in [-0.15, -0.1) is 12.4 Å². The van der Waals surface area contributed by atoms with E-state index in [0.717, 1.165) is 0 Å². The minimum atomic E-state index is -0.282. The van der Waals surface area contributed by atoms with E-state index in [0.29, 0.717) is 43.8 Å². The lowest BCUT2D eigenvalue weighted by Crippen LogP contribution is -2.40. The zero-order valence-electron chi connectivity index (χ0n) is 14.2. The molecule has 0 radical (unpaired) electrons. The maximum Gasteiger partial charge on any atom is 0.309 e. The summed E-state index contributed by atoms with van der Waals surface area (Å²) in [6.45, 7) is 3.15. The Hall–Kier alpha value is -2.12.